The molecule has 2 aromatic rings. The van der Waals surface area contributed by atoms with Gasteiger partial charge in [0.1, 0.15) is 0 Å². The van der Waals surface area contributed by atoms with Crippen LogP contribution in [0, 0.1) is 17.8 Å². The number of halogens is 2. The number of aromatic nitrogens is 2. The molecule has 1 aromatic heterocycles. The number of aromatic amines is 2. The summed E-state index contributed by atoms with van der Waals surface area (Å²) >= 11 is 10.4. The van der Waals surface area contributed by atoms with Crippen LogP contribution in [-0.4, -0.2) is 9.97 Å². The third kappa shape index (κ3) is 1.96. The van der Waals surface area contributed by atoms with Gasteiger partial charge < -0.3 is 9.97 Å². The summed E-state index contributed by atoms with van der Waals surface area (Å²) in [7, 11) is 0. The minimum Gasteiger partial charge on any atom is -0.306 e. The Morgan fingerprint density at radius 1 is 1.20 bits per heavy atom. The van der Waals surface area contributed by atoms with Crippen LogP contribution in [0.4, 0.5) is 0 Å². The fraction of sp³-hybridized carbons (Fsp3) is 0.533. The van der Waals surface area contributed by atoms with Gasteiger partial charge in [0.2, 0.25) is 0 Å². The van der Waals surface area contributed by atoms with Gasteiger partial charge in [-0.3, -0.25) is 0 Å². The Kier molecular flexibility index (Phi) is 3.00. The molecule has 2 saturated carbocycles. The highest BCUT2D eigenvalue weighted by atomic mass is 79.9. The van der Waals surface area contributed by atoms with Crippen molar-refractivity contribution in [3.05, 3.63) is 32.7 Å². The molecule has 0 amide bonds. The molecule has 2 fully saturated rings. The van der Waals surface area contributed by atoms with Gasteiger partial charge in [-0.25, -0.2) is 4.79 Å². The zero-order valence-electron chi connectivity index (χ0n) is 11.0. The van der Waals surface area contributed by atoms with Crippen LogP contribution in [0.3, 0.4) is 0 Å². The van der Waals surface area contributed by atoms with Gasteiger partial charge in [-0.05, 0) is 54.7 Å². The molecule has 1 heterocycles. The number of nitrogens with one attached hydrogen (secondary N) is 2. The van der Waals surface area contributed by atoms with Crippen LogP contribution in [0.25, 0.3) is 11.0 Å². The third-order valence-corrected chi connectivity index (χ3v) is 6.34. The minimum atomic E-state index is -0.171. The third-order valence-electron chi connectivity index (χ3n) is 5.10. The molecule has 0 spiro atoms. The highest BCUT2D eigenvalue weighted by Gasteiger charge is 2.43. The zero-order valence-corrected chi connectivity index (χ0v) is 13.3. The molecule has 0 aliphatic heterocycles. The Morgan fingerprint density at radius 2 is 1.95 bits per heavy atom. The van der Waals surface area contributed by atoms with E-state index in [0.717, 1.165) is 32.9 Å². The maximum absolute atomic E-state index is 11.4. The molecule has 2 aliphatic carbocycles. The summed E-state index contributed by atoms with van der Waals surface area (Å²) in [5.74, 6) is 2.26. The highest BCUT2D eigenvalue weighted by molar-refractivity contribution is 9.10. The molecule has 106 valence electrons. The number of benzene rings is 1. The predicted molar refractivity (Wildman–Crippen MR) is 84.2 cm³/mol. The number of fused-ring (bicyclic) bond motifs is 3. The molecule has 0 saturated heterocycles. The normalized spacial score (nSPS) is 30.2. The first-order valence-corrected chi connectivity index (χ1v) is 8.40. The van der Waals surface area contributed by atoms with Crippen LogP contribution in [0.2, 0.25) is 0 Å². The molecule has 4 unspecified atom stereocenters. The van der Waals surface area contributed by atoms with Crippen LogP contribution in [0.1, 0.15) is 36.6 Å². The average Bonchev–Trinajstić information content (AvgIpc) is 3.10. The van der Waals surface area contributed by atoms with E-state index in [4.69, 9.17) is 11.6 Å². The Hall–Kier alpha value is -0.740. The van der Waals surface area contributed by atoms with Crippen molar-refractivity contribution in [3.8, 4) is 0 Å². The van der Waals surface area contributed by atoms with Gasteiger partial charge in [-0.1, -0.05) is 22.4 Å². The van der Waals surface area contributed by atoms with Gasteiger partial charge in [-0.15, -0.1) is 11.6 Å². The molecule has 0 radical (unpaired) electrons. The molecule has 5 heteroatoms. The van der Waals surface area contributed by atoms with E-state index in [1.807, 2.05) is 12.1 Å². The Balaban J connectivity index is 1.73. The Morgan fingerprint density at radius 3 is 2.60 bits per heavy atom. The van der Waals surface area contributed by atoms with Gasteiger partial charge in [0.05, 0.1) is 16.4 Å². The maximum Gasteiger partial charge on any atom is 0.323 e. The van der Waals surface area contributed by atoms with Crippen molar-refractivity contribution in [2.45, 2.75) is 31.1 Å². The van der Waals surface area contributed by atoms with E-state index < -0.39 is 0 Å². The summed E-state index contributed by atoms with van der Waals surface area (Å²) in [5.41, 5.74) is 2.59. The molecule has 2 bridgehead atoms. The first kappa shape index (κ1) is 13.0. The van der Waals surface area contributed by atoms with E-state index in [1.165, 1.54) is 25.7 Å². The topological polar surface area (TPSA) is 48.6 Å². The number of alkyl halides is 1. The predicted octanol–water partition coefficient (Wildman–Crippen LogP) is 4.33. The highest BCUT2D eigenvalue weighted by Crippen LogP contribution is 2.55. The number of imidazole rings is 1. The van der Waals surface area contributed by atoms with Crippen molar-refractivity contribution in [2.75, 3.05) is 0 Å². The Labute approximate surface area is 130 Å². The summed E-state index contributed by atoms with van der Waals surface area (Å²) in [6.45, 7) is 0. The second-order valence-electron chi connectivity index (χ2n) is 6.24. The molecule has 2 aliphatic rings. The summed E-state index contributed by atoms with van der Waals surface area (Å²) < 4.78 is 0.989. The van der Waals surface area contributed by atoms with Crippen molar-refractivity contribution in [3.63, 3.8) is 0 Å². The fourth-order valence-corrected chi connectivity index (χ4v) is 5.38. The van der Waals surface area contributed by atoms with E-state index in [1.54, 1.807) is 0 Å². The minimum absolute atomic E-state index is 0.0301. The summed E-state index contributed by atoms with van der Waals surface area (Å²) in [5, 5.41) is 0.0301. The standard InChI is InChI=1S/C15H16BrClN2O/c16-11-6-13-12(18-15(20)19-13)5-10(11)14(17)9-4-7-1-2-8(9)3-7/h5-9,14H,1-4H2,(H2,18,19,20). The van der Waals surface area contributed by atoms with Crippen molar-refractivity contribution in [1.29, 1.82) is 0 Å². The zero-order chi connectivity index (χ0) is 13.9. The number of hydrogen-bond donors (Lipinski definition) is 2. The molecular formula is C15H16BrClN2O. The molecule has 20 heavy (non-hydrogen) atoms. The van der Waals surface area contributed by atoms with Crippen molar-refractivity contribution in [1.82, 2.24) is 9.97 Å². The van der Waals surface area contributed by atoms with Crippen molar-refractivity contribution < 1.29 is 0 Å². The van der Waals surface area contributed by atoms with Gasteiger partial charge in [0.15, 0.2) is 0 Å². The van der Waals surface area contributed by atoms with E-state index in [0.29, 0.717) is 5.92 Å². The smallest absolute Gasteiger partial charge is 0.306 e. The molecule has 3 nitrogen and oxygen atoms in total. The average molecular weight is 356 g/mol. The molecular weight excluding hydrogens is 340 g/mol. The number of H-pyrrole nitrogens is 2. The van der Waals surface area contributed by atoms with Crippen LogP contribution in [0.5, 0.6) is 0 Å². The lowest BCUT2D eigenvalue weighted by Gasteiger charge is -2.27. The number of hydrogen-bond acceptors (Lipinski definition) is 1. The lowest BCUT2D eigenvalue weighted by atomic mass is 9.84. The largest absolute Gasteiger partial charge is 0.323 e. The van der Waals surface area contributed by atoms with Gasteiger partial charge >= 0.3 is 5.69 Å². The van der Waals surface area contributed by atoms with E-state index >= 15 is 0 Å². The first-order valence-electron chi connectivity index (χ1n) is 7.17. The maximum atomic E-state index is 11.4. The second-order valence-corrected chi connectivity index (χ2v) is 7.56. The molecule has 4 atom stereocenters. The van der Waals surface area contributed by atoms with Crippen molar-refractivity contribution in [2.24, 2.45) is 17.8 Å². The molecule has 4 rings (SSSR count). The summed E-state index contributed by atoms with van der Waals surface area (Å²) in [4.78, 5) is 17.0. The van der Waals surface area contributed by atoms with Gasteiger partial charge in [-0.2, -0.15) is 0 Å². The quantitative estimate of drug-likeness (QED) is 0.774. The van der Waals surface area contributed by atoms with Crippen LogP contribution in [0.15, 0.2) is 21.4 Å². The van der Waals surface area contributed by atoms with E-state index in [2.05, 4.69) is 25.9 Å². The SMILES string of the molecule is O=c1[nH]c2cc(Br)c(C(Cl)C3CC4CCC3C4)cc2[nH]1. The summed E-state index contributed by atoms with van der Waals surface area (Å²) in [6.07, 6.45) is 5.33. The number of rotatable bonds is 2. The lowest BCUT2D eigenvalue weighted by molar-refractivity contribution is 0.323. The van der Waals surface area contributed by atoms with Crippen LogP contribution >= 0.6 is 27.5 Å². The van der Waals surface area contributed by atoms with Crippen LogP contribution < -0.4 is 5.69 Å². The Bertz CT molecular complexity index is 722. The fourth-order valence-electron chi connectivity index (χ4n) is 4.17. The van der Waals surface area contributed by atoms with E-state index in [9.17, 15) is 4.79 Å². The van der Waals surface area contributed by atoms with Crippen molar-refractivity contribution >= 4 is 38.6 Å². The lowest BCUT2D eigenvalue weighted by Crippen LogP contribution is -2.16. The van der Waals surface area contributed by atoms with E-state index in [-0.39, 0.29) is 11.1 Å². The van der Waals surface area contributed by atoms with Gasteiger partial charge in [0.25, 0.3) is 0 Å². The monoisotopic (exact) mass is 354 g/mol. The molecule has 1 aromatic carbocycles. The second kappa shape index (κ2) is 4.63. The molecule has 2 N–H and O–H groups in total. The summed E-state index contributed by atoms with van der Waals surface area (Å²) in [6, 6.07) is 3.96. The van der Waals surface area contributed by atoms with Gasteiger partial charge in [0, 0.05) is 4.47 Å². The first-order chi connectivity index (χ1) is 9.61. The van der Waals surface area contributed by atoms with Crippen LogP contribution in [-0.2, 0) is 0 Å².